The second kappa shape index (κ2) is 10.1. The Bertz CT molecular complexity index is 1290. The molecule has 1 saturated heterocycles. The van der Waals surface area contributed by atoms with Crippen LogP contribution in [-0.2, 0) is 21.2 Å². The highest BCUT2D eigenvalue weighted by Crippen LogP contribution is 2.29. The van der Waals surface area contributed by atoms with Crippen LogP contribution in [0.25, 0.3) is 11.4 Å². The van der Waals surface area contributed by atoms with Gasteiger partial charge in [-0.3, -0.25) is 4.79 Å². The molecule has 2 heterocycles. The third-order valence-corrected chi connectivity index (χ3v) is 7.93. The zero-order chi connectivity index (χ0) is 24.3. The van der Waals surface area contributed by atoms with Gasteiger partial charge in [0.05, 0.1) is 17.0 Å². The molecule has 1 N–H and O–H groups in total. The van der Waals surface area contributed by atoms with Crippen molar-refractivity contribution >= 4 is 33.2 Å². The summed E-state index contributed by atoms with van der Waals surface area (Å²) < 4.78 is 38.1. The van der Waals surface area contributed by atoms with E-state index in [9.17, 15) is 13.2 Å². The number of halogens is 1. The maximum Gasteiger partial charge on any atom is 0.243 e. The minimum atomic E-state index is -3.73. The van der Waals surface area contributed by atoms with Gasteiger partial charge in [-0.25, -0.2) is 8.42 Å². The third-order valence-electron chi connectivity index (χ3n) is 5.74. The van der Waals surface area contributed by atoms with E-state index in [-0.39, 0.29) is 29.8 Å². The Morgan fingerprint density at radius 2 is 2.00 bits per heavy atom. The molecular weight excluding hydrogens is 480 g/mol. The first-order valence-electron chi connectivity index (χ1n) is 10.9. The summed E-state index contributed by atoms with van der Waals surface area (Å²) in [5.41, 5.74) is 1.13. The van der Waals surface area contributed by atoms with Gasteiger partial charge in [0, 0.05) is 36.7 Å². The van der Waals surface area contributed by atoms with Gasteiger partial charge < -0.3 is 14.6 Å². The summed E-state index contributed by atoms with van der Waals surface area (Å²) in [5, 5.41) is 7.17. The number of rotatable bonds is 7. The van der Waals surface area contributed by atoms with Gasteiger partial charge >= 0.3 is 0 Å². The van der Waals surface area contributed by atoms with E-state index in [1.54, 1.807) is 42.5 Å². The molecule has 180 valence electrons. The van der Waals surface area contributed by atoms with Gasteiger partial charge in [0.25, 0.3) is 0 Å². The summed E-state index contributed by atoms with van der Waals surface area (Å²) in [6.45, 7) is 2.39. The minimum Gasteiger partial charge on any atom is -0.495 e. The Labute approximate surface area is 203 Å². The van der Waals surface area contributed by atoms with Crippen LogP contribution in [0.1, 0.15) is 25.7 Å². The number of carbonyl (C=O) groups is 1. The monoisotopic (exact) mass is 504 g/mol. The van der Waals surface area contributed by atoms with Crippen LogP contribution >= 0.6 is 11.6 Å². The number of piperidine rings is 1. The molecule has 1 fully saturated rings. The molecular formula is C23H25ClN4O5S. The predicted molar refractivity (Wildman–Crippen MR) is 127 cm³/mol. The first-order valence-corrected chi connectivity index (χ1v) is 12.7. The highest BCUT2D eigenvalue weighted by Gasteiger charge is 2.32. The fraction of sp³-hybridized carbons (Fsp3) is 0.348. The number of aromatic nitrogens is 2. The van der Waals surface area contributed by atoms with Gasteiger partial charge in [-0.2, -0.15) is 9.29 Å². The number of carbonyl (C=O) groups excluding carboxylic acids is 1. The van der Waals surface area contributed by atoms with Gasteiger partial charge in [0.2, 0.25) is 27.6 Å². The lowest BCUT2D eigenvalue weighted by Gasteiger charge is -2.30. The van der Waals surface area contributed by atoms with E-state index in [1.165, 1.54) is 11.4 Å². The molecule has 0 unspecified atom stereocenters. The Morgan fingerprint density at radius 1 is 1.24 bits per heavy atom. The van der Waals surface area contributed by atoms with Gasteiger partial charge in [0.1, 0.15) is 5.75 Å². The highest BCUT2D eigenvalue weighted by molar-refractivity contribution is 7.89. The van der Waals surface area contributed by atoms with Gasteiger partial charge in [-0.15, -0.1) is 0 Å². The van der Waals surface area contributed by atoms with Crippen molar-refractivity contribution < 1.29 is 22.5 Å². The van der Waals surface area contributed by atoms with Gasteiger partial charge in [-0.05, 0) is 43.2 Å². The average molecular weight is 505 g/mol. The Hall–Kier alpha value is -2.95. The molecule has 1 amide bonds. The van der Waals surface area contributed by atoms with E-state index in [2.05, 4.69) is 15.5 Å². The second-order valence-electron chi connectivity index (χ2n) is 7.91. The number of ether oxygens (including phenoxy) is 1. The van der Waals surface area contributed by atoms with Gasteiger partial charge in [-0.1, -0.05) is 35.8 Å². The van der Waals surface area contributed by atoms with Crippen molar-refractivity contribution in [2.24, 2.45) is 5.92 Å². The van der Waals surface area contributed by atoms with Crippen LogP contribution < -0.4 is 10.1 Å². The first kappa shape index (κ1) is 24.2. The normalized spacial score (nSPS) is 15.3. The lowest BCUT2D eigenvalue weighted by Crippen LogP contribution is -2.41. The standard InChI is InChI=1S/C23H25ClN4O5S/c1-3-21-26-22(27-33-21)16-5-4-6-18(13-16)34(30,31)28-11-9-15(10-12-28)23(29)25-17-7-8-20(32-2)19(24)14-17/h4-8,13-15H,3,9-12H2,1-2H3,(H,25,29). The van der Waals surface area contributed by atoms with Crippen LogP contribution in [0, 0.1) is 5.92 Å². The number of anilines is 1. The summed E-state index contributed by atoms with van der Waals surface area (Å²) >= 11 is 6.12. The molecule has 4 rings (SSSR count). The first-order chi connectivity index (χ1) is 16.3. The van der Waals surface area contributed by atoms with E-state index in [0.717, 1.165) is 0 Å². The van der Waals surface area contributed by atoms with E-state index < -0.39 is 10.0 Å². The van der Waals surface area contributed by atoms with Crippen LogP contribution in [0.2, 0.25) is 5.02 Å². The van der Waals surface area contributed by atoms with Crippen molar-refractivity contribution in [2.75, 3.05) is 25.5 Å². The Morgan fingerprint density at radius 3 is 2.65 bits per heavy atom. The Balaban J connectivity index is 1.41. The van der Waals surface area contributed by atoms with Crippen molar-refractivity contribution in [1.82, 2.24) is 14.4 Å². The number of hydrogen-bond acceptors (Lipinski definition) is 7. The lowest BCUT2D eigenvalue weighted by molar-refractivity contribution is -0.120. The van der Waals surface area contributed by atoms with Crippen LogP contribution in [0.5, 0.6) is 5.75 Å². The van der Waals surface area contributed by atoms with Crippen LogP contribution in [0.4, 0.5) is 5.69 Å². The summed E-state index contributed by atoms with van der Waals surface area (Å²) in [5.74, 6) is 0.894. The maximum atomic E-state index is 13.2. The molecule has 9 nitrogen and oxygen atoms in total. The molecule has 0 spiro atoms. The summed E-state index contributed by atoms with van der Waals surface area (Å²) in [6.07, 6.45) is 1.43. The summed E-state index contributed by atoms with van der Waals surface area (Å²) in [6, 6.07) is 11.5. The fourth-order valence-corrected chi connectivity index (χ4v) is 5.58. The van der Waals surface area contributed by atoms with E-state index in [1.807, 2.05) is 6.92 Å². The molecule has 1 aromatic heterocycles. The van der Waals surface area contributed by atoms with Crippen molar-refractivity contribution in [3.05, 3.63) is 53.4 Å². The third kappa shape index (κ3) is 5.08. The van der Waals surface area contributed by atoms with Crippen LogP contribution in [-0.4, -0.2) is 49.0 Å². The number of benzene rings is 2. The second-order valence-corrected chi connectivity index (χ2v) is 10.3. The average Bonchev–Trinajstić information content (AvgIpc) is 3.34. The predicted octanol–water partition coefficient (Wildman–Crippen LogP) is 4.00. The number of sulfonamides is 1. The lowest BCUT2D eigenvalue weighted by atomic mass is 9.97. The molecule has 0 atom stereocenters. The summed E-state index contributed by atoms with van der Waals surface area (Å²) in [4.78, 5) is 17.1. The molecule has 1 aliphatic rings. The maximum absolute atomic E-state index is 13.2. The topological polar surface area (TPSA) is 115 Å². The zero-order valence-corrected chi connectivity index (χ0v) is 20.4. The van der Waals surface area contributed by atoms with Crippen LogP contribution in [0.3, 0.4) is 0 Å². The molecule has 1 aliphatic heterocycles. The van der Waals surface area contributed by atoms with E-state index in [4.69, 9.17) is 20.9 Å². The van der Waals surface area contributed by atoms with Crippen molar-refractivity contribution in [3.63, 3.8) is 0 Å². The fourth-order valence-electron chi connectivity index (χ4n) is 3.81. The number of methoxy groups -OCH3 is 1. The van der Waals surface area contributed by atoms with Gasteiger partial charge in [0.15, 0.2) is 0 Å². The number of aryl methyl sites for hydroxylation is 1. The molecule has 0 bridgehead atoms. The van der Waals surface area contributed by atoms with E-state index >= 15 is 0 Å². The van der Waals surface area contributed by atoms with Crippen molar-refractivity contribution in [3.8, 4) is 17.1 Å². The summed E-state index contributed by atoms with van der Waals surface area (Å²) in [7, 11) is -2.21. The minimum absolute atomic E-state index is 0.156. The van der Waals surface area contributed by atoms with E-state index in [0.29, 0.717) is 53.0 Å². The molecule has 0 saturated carbocycles. The Kier molecular flexibility index (Phi) is 7.20. The SMILES string of the molecule is CCc1nc(-c2cccc(S(=O)(=O)N3CCC(C(=O)Nc4ccc(OC)c(Cl)c4)CC3)c2)no1. The smallest absolute Gasteiger partial charge is 0.243 e. The molecule has 34 heavy (non-hydrogen) atoms. The molecule has 0 aliphatic carbocycles. The quantitative estimate of drug-likeness (QED) is 0.517. The molecule has 2 aromatic carbocycles. The number of nitrogens with zero attached hydrogens (tertiary/aromatic N) is 3. The van der Waals surface area contributed by atoms with Crippen molar-refractivity contribution in [1.29, 1.82) is 0 Å². The highest BCUT2D eigenvalue weighted by atomic mass is 35.5. The molecule has 0 radical (unpaired) electrons. The zero-order valence-electron chi connectivity index (χ0n) is 18.8. The molecule has 11 heteroatoms. The number of hydrogen-bond donors (Lipinski definition) is 1. The molecule has 3 aromatic rings. The largest absolute Gasteiger partial charge is 0.495 e. The van der Waals surface area contributed by atoms with Crippen LogP contribution in [0.15, 0.2) is 51.9 Å². The number of nitrogens with one attached hydrogen (secondary N) is 1. The number of amides is 1. The van der Waals surface area contributed by atoms with Crippen molar-refractivity contribution in [2.45, 2.75) is 31.1 Å².